The topological polar surface area (TPSA) is 17.8 Å². The molecule has 0 unspecified atom stereocenters. The molecule has 1 aromatic heterocycles. The van der Waals surface area contributed by atoms with Crippen molar-refractivity contribution in [3.05, 3.63) is 16.4 Å². The van der Waals surface area contributed by atoms with Crippen LogP contribution in [0.2, 0.25) is 5.02 Å². The van der Waals surface area contributed by atoms with Crippen molar-refractivity contribution in [2.45, 2.75) is 53.5 Å². The number of nitrogens with zero attached hydrogens (tertiary/aromatic N) is 2. The molecule has 2 nitrogen and oxygen atoms in total. The molecule has 0 radical (unpaired) electrons. The van der Waals surface area contributed by atoms with Crippen molar-refractivity contribution >= 4 is 34.8 Å². The lowest BCUT2D eigenvalue weighted by Crippen LogP contribution is -2.31. The molecule has 1 rings (SSSR count). The first-order valence-electron chi connectivity index (χ1n) is 7.29. The van der Waals surface area contributed by atoms with Crippen LogP contribution in [-0.4, -0.2) is 21.5 Å². The van der Waals surface area contributed by atoms with Gasteiger partial charge >= 0.3 is 0 Å². The molecule has 0 fully saturated rings. The minimum Gasteiger partial charge on any atom is -0.268 e. The normalized spacial score (nSPS) is 12.4. The molecule has 0 spiro atoms. The number of rotatable bonds is 8. The minimum atomic E-state index is -0.112. The van der Waals surface area contributed by atoms with Crippen LogP contribution in [0.5, 0.6) is 0 Å². The Morgan fingerprint density at radius 1 is 1.20 bits per heavy atom. The van der Waals surface area contributed by atoms with E-state index in [2.05, 4.69) is 32.8 Å². The summed E-state index contributed by atoms with van der Waals surface area (Å²) in [5.74, 6) is 1.64. The number of hydrogen-bond acceptors (Lipinski definition) is 1. The van der Waals surface area contributed by atoms with Crippen LogP contribution in [0, 0.1) is 11.3 Å². The SMILES string of the molecule is CCc1nn(CC)c(CC(CCl)(CCl)CC(C)C)c1Cl. The van der Waals surface area contributed by atoms with Crippen molar-refractivity contribution in [2.24, 2.45) is 11.3 Å². The highest BCUT2D eigenvalue weighted by Crippen LogP contribution is 2.36. The molecule has 116 valence electrons. The Kier molecular flexibility index (Phi) is 7.17. The first-order chi connectivity index (χ1) is 9.42. The molecule has 0 saturated heterocycles. The molecule has 1 aromatic rings. The molecule has 20 heavy (non-hydrogen) atoms. The summed E-state index contributed by atoms with van der Waals surface area (Å²) in [6, 6.07) is 0. The van der Waals surface area contributed by atoms with E-state index in [1.807, 2.05) is 4.68 Å². The fourth-order valence-electron chi connectivity index (χ4n) is 2.72. The van der Waals surface area contributed by atoms with E-state index in [0.717, 1.165) is 42.2 Å². The largest absolute Gasteiger partial charge is 0.268 e. The van der Waals surface area contributed by atoms with Crippen LogP contribution >= 0.6 is 34.8 Å². The summed E-state index contributed by atoms with van der Waals surface area (Å²) < 4.78 is 2.00. The summed E-state index contributed by atoms with van der Waals surface area (Å²) in [5, 5.41) is 5.37. The van der Waals surface area contributed by atoms with Gasteiger partial charge in [-0.25, -0.2) is 0 Å². The highest BCUT2D eigenvalue weighted by atomic mass is 35.5. The summed E-state index contributed by atoms with van der Waals surface area (Å²) in [5.41, 5.74) is 1.93. The third-order valence-corrected chi connectivity index (χ3v) is 5.21. The molecule has 0 aliphatic rings. The van der Waals surface area contributed by atoms with Crippen LogP contribution in [0.4, 0.5) is 0 Å². The average molecular weight is 340 g/mol. The maximum Gasteiger partial charge on any atom is 0.0850 e. The van der Waals surface area contributed by atoms with Crippen molar-refractivity contribution in [3.8, 4) is 0 Å². The molecule has 0 bridgehead atoms. The maximum atomic E-state index is 6.50. The molecule has 0 aromatic carbocycles. The van der Waals surface area contributed by atoms with Gasteiger partial charge in [0.1, 0.15) is 0 Å². The summed E-state index contributed by atoms with van der Waals surface area (Å²) in [4.78, 5) is 0. The van der Waals surface area contributed by atoms with Crippen molar-refractivity contribution in [1.82, 2.24) is 9.78 Å². The first kappa shape index (κ1) is 18.1. The highest BCUT2D eigenvalue weighted by Gasteiger charge is 2.32. The van der Waals surface area contributed by atoms with Gasteiger partial charge in [-0.3, -0.25) is 4.68 Å². The first-order valence-corrected chi connectivity index (χ1v) is 8.73. The number of aryl methyl sites for hydroxylation is 2. The van der Waals surface area contributed by atoms with Crippen LogP contribution in [0.25, 0.3) is 0 Å². The monoisotopic (exact) mass is 338 g/mol. The lowest BCUT2D eigenvalue weighted by atomic mass is 9.79. The van der Waals surface area contributed by atoms with Crippen molar-refractivity contribution in [1.29, 1.82) is 0 Å². The van der Waals surface area contributed by atoms with Gasteiger partial charge in [0.15, 0.2) is 0 Å². The predicted octanol–water partition coefficient (Wildman–Crippen LogP) is 5.17. The predicted molar refractivity (Wildman–Crippen MR) is 89.3 cm³/mol. The fourth-order valence-corrected chi connectivity index (χ4v) is 3.75. The van der Waals surface area contributed by atoms with Crippen molar-refractivity contribution in [2.75, 3.05) is 11.8 Å². The molecule has 0 aliphatic heterocycles. The molecule has 0 atom stereocenters. The van der Waals surface area contributed by atoms with Crippen LogP contribution in [-0.2, 0) is 19.4 Å². The highest BCUT2D eigenvalue weighted by molar-refractivity contribution is 6.32. The molecule has 1 heterocycles. The molecule has 0 amide bonds. The van der Waals surface area contributed by atoms with E-state index < -0.39 is 0 Å². The van der Waals surface area contributed by atoms with Crippen molar-refractivity contribution in [3.63, 3.8) is 0 Å². The zero-order chi connectivity index (χ0) is 15.3. The zero-order valence-corrected chi connectivity index (χ0v) is 15.1. The zero-order valence-electron chi connectivity index (χ0n) is 12.8. The number of aromatic nitrogens is 2. The van der Waals surface area contributed by atoms with E-state index in [1.54, 1.807) is 0 Å². The van der Waals surface area contributed by atoms with Gasteiger partial charge < -0.3 is 0 Å². The molecular weight excluding hydrogens is 315 g/mol. The number of halogens is 3. The van der Waals surface area contributed by atoms with Gasteiger partial charge in [-0.2, -0.15) is 5.10 Å². The van der Waals surface area contributed by atoms with Crippen LogP contribution in [0.1, 0.15) is 45.5 Å². The minimum absolute atomic E-state index is 0.112. The van der Waals surface area contributed by atoms with E-state index in [0.29, 0.717) is 17.7 Å². The fraction of sp³-hybridized carbons (Fsp3) is 0.800. The second-order valence-corrected chi connectivity index (χ2v) is 6.83. The summed E-state index contributed by atoms with van der Waals surface area (Å²) in [7, 11) is 0. The van der Waals surface area contributed by atoms with Gasteiger partial charge in [-0.15, -0.1) is 23.2 Å². The number of hydrogen-bond donors (Lipinski definition) is 0. The standard InChI is InChI=1S/C15H25Cl3N2/c1-5-12-14(18)13(20(6-2)19-12)8-15(9-16,10-17)7-11(3)4/h11H,5-10H2,1-4H3. The Morgan fingerprint density at radius 2 is 1.80 bits per heavy atom. The second kappa shape index (κ2) is 7.91. The Balaban J connectivity index is 3.13. The van der Waals surface area contributed by atoms with Crippen LogP contribution in [0.15, 0.2) is 0 Å². The van der Waals surface area contributed by atoms with E-state index >= 15 is 0 Å². The summed E-state index contributed by atoms with van der Waals surface area (Å²) >= 11 is 19.0. The lowest BCUT2D eigenvalue weighted by Gasteiger charge is -2.31. The van der Waals surface area contributed by atoms with E-state index in [4.69, 9.17) is 34.8 Å². The summed E-state index contributed by atoms with van der Waals surface area (Å²) in [6.07, 6.45) is 2.63. The van der Waals surface area contributed by atoms with Gasteiger partial charge in [-0.1, -0.05) is 32.4 Å². The Bertz CT molecular complexity index is 423. The molecule has 5 heteroatoms. The summed E-state index contributed by atoms with van der Waals surface area (Å²) in [6.45, 7) is 9.37. The van der Waals surface area contributed by atoms with Crippen molar-refractivity contribution < 1.29 is 0 Å². The number of alkyl halides is 2. The third kappa shape index (κ3) is 4.05. The Hall–Kier alpha value is 0.0800. The molecular formula is C15H25Cl3N2. The van der Waals surface area contributed by atoms with Crippen LogP contribution in [0.3, 0.4) is 0 Å². The lowest BCUT2D eigenvalue weighted by molar-refractivity contribution is 0.288. The van der Waals surface area contributed by atoms with E-state index in [9.17, 15) is 0 Å². The van der Waals surface area contributed by atoms with Gasteiger partial charge in [0.25, 0.3) is 0 Å². The van der Waals surface area contributed by atoms with Gasteiger partial charge in [-0.05, 0) is 32.1 Å². The molecule has 0 aliphatic carbocycles. The second-order valence-electron chi connectivity index (χ2n) is 5.92. The maximum absolute atomic E-state index is 6.50. The Morgan fingerprint density at radius 3 is 2.20 bits per heavy atom. The van der Waals surface area contributed by atoms with Crippen LogP contribution < -0.4 is 0 Å². The quantitative estimate of drug-likeness (QED) is 0.597. The molecule has 0 saturated carbocycles. The average Bonchev–Trinajstić information content (AvgIpc) is 2.73. The Labute approximate surface area is 137 Å². The van der Waals surface area contributed by atoms with Gasteiger partial charge in [0, 0.05) is 23.7 Å². The third-order valence-electron chi connectivity index (χ3n) is 3.64. The van der Waals surface area contributed by atoms with Gasteiger partial charge in [0.2, 0.25) is 0 Å². The van der Waals surface area contributed by atoms with E-state index in [-0.39, 0.29) is 5.41 Å². The molecule has 0 N–H and O–H groups in total. The van der Waals surface area contributed by atoms with E-state index in [1.165, 1.54) is 0 Å². The smallest absolute Gasteiger partial charge is 0.0850 e. The van der Waals surface area contributed by atoms with Gasteiger partial charge in [0.05, 0.1) is 16.4 Å².